The van der Waals surface area contributed by atoms with E-state index < -0.39 is 10.5 Å². The Morgan fingerprint density at radius 3 is 2.69 bits per heavy atom. The van der Waals surface area contributed by atoms with E-state index in [1.165, 1.54) is 12.1 Å². The van der Waals surface area contributed by atoms with Crippen LogP contribution in [0.5, 0.6) is 5.75 Å². The number of halogens is 1. The minimum absolute atomic E-state index is 0.136. The summed E-state index contributed by atoms with van der Waals surface area (Å²) in [4.78, 5) is 0.492. The van der Waals surface area contributed by atoms with Crippen molar-refractivity contribution in [2.24, 2.45) is 0 Å². The first-order valence-electron chi connectivity index (χ1n) is 4.23. The van der Waals surface area contributed by atoms with Gasteiger partial charge < -0.3 is 4.18 Å². The van der Waals surface area contributed by atoms with E-state index in [1.807, 2.05) is 0 Å². The summed E-state index contributed by atoms with van der Waals surface area (Å²) in [5, 5.41) is 0. The third kappa shape index (κ3) is 3.43. The molecule has 86 valence electrons. The van der Waals surface area contributed by atoms with Crippen LogP contribution < -0.4 is 4.18 Å². The fraction of sp³-hybridized carbons (Fsp3) is 0.200. The Bertz CT molecular complexity index is 544. The molecule has 0 aliphatic rings. The second-order valence-electron chi connectivity index (χ2n) is 3.08. The maximum atomic E-state index is 12.3. The Kier molecular flexibility index (Phi) is 3.83. The highest BCUT2D eigenvalue weighted by atomic mass is 32.3. The molecular weight excluding hydrogens is 251 g/mol. The van der Waals surface area contributed by atoms with Crippen molar-refractivity contribution in [1.82, 2.24) is 0 Å². The second-order valence-corrected chi connectivity index (χ2v) is 4.52. The minimum Gasteiger partial charge on any atom is -0.358 e. The SMILES string of the molecule is C#CCc1cc(OS(=O)(=O)F)cc(S)c1C. The largest absolute Gasteiger partial charge is 0.488 e. The average molecular weight is 260 g/mol. The fourth-order valence-corrected chi connectivity index (χ4v) is 1.78. The van der Waals surface area contributed by atoms with Crippen molar-refractivity contribution in [1.29, 1.82) is 0 Å². The molecule has 0 radical (unpaired) electrons. The zero-order valence-corrected chi connectivity index (χ0v) is 10.1. The van der Waals surface area contributed by atoms with E-state index in [0.717, 1.165) is 5.56 Å². The van der Waals surface area contributed by atoms with Crippen molar-refractivity contribution >= 4 is 23.1 Å². The third-order valence-electron chi connectivity index (χ3n) is 1.95. The molecule has 0 amide bonds. The van der Waals surface area contributed by atoms with Gasteiger partial charge >= 0.3 is 10.5 Å². The predicted molar refractivity (Wildman–Crippen MR) is 61.6 cm³/mol. The Labute approximate surface area is 99.5 Å². The summed E-state index contributed by atoms with van der Waals surface area (Å²) in [7, 11) is -5.02. The Morgan fingerprint density at radius 2 is 2.19 bits per heavy atom. The van der Waals surface area contributed by atoms with E-state index in [2.05, 4.69) is 22.7 Å². The van der Waals surface area contributed by atoms with Gasteiger partial charge in [-0.25, -0.2) is 0 Å². The summed E-state index contributed by atoms with van der Waals surface area (Å²) in [6.45, 7) is 1.78. The van der Waals surface area contributed by atoms with E-state index in [-0.39, 0.29) is 5.75 Å². The molecule has 0 spiro atoms. The van der Waals surface area contributed by atoms with Crippen LogP contribution in [0.1, 0.15) is 11.1 Å². The van der Waals surface area contributed by atoms with Crippen LogP contribution in [0.4, 0.5) is 3.89 Å². The van der Waals surface area contributed by atoms with Crippen molar-refractivity contribution < 1.29 is 16.5 Å². The number of rotatable bonds is 3. The molecule has 0 aromatic heterocycles. The molecule has 0 bridgehead atoms. The highest BCUT2D eigenvalue weighted by Crippen LogP contribution is 2.26. The van der Waals surface area contributed by atoms with Gasteiger partial charge in [-0.05, 0) is 30.2 Å². The first-order valence-corrected chi connectivity index (χ1v) is 5.99. The average Bonchev–Trinajstić information content (AvgIpc) is 2.11. The summed E-state index contributed by atoms with van der Waals surface area (Å²) in [6, 6.07) is 2.70. The summed E-state index contributed by atoms with van der Waals surface area (Å²) < 4.78 is 37.0. The zero-order valence-electron chi connectivity index (χ0n) is 8.40. The van der Waals surface area contributed by atoms with E-state index in [0.29, 0.717) is 16.9 Å². The quantitative estimate of drug-likeness (QED) is 0.514. The number of terminal acetylenes is 1. The monoisotopic (exact) mass is 260 g/mol. The molecule has 6 heteroatoms. The predicted octanol–water partition coefficient (Wildman–Crippen LogP) is 2.05. The lowest BCUT2D eigenvalue weighted by molar-refractivity contribution is 0.439. The Morgan fingerprint density at radius 1 is 1.56 bits per heavy atom. The van der Waals surface area contributed by atoms with Gasteiger partial charge in [0.15, 0.2) is 0 Å². The zero-order chi connectivity index (χ0) is 12.3. The maximum absolute atomic E-state index is 12.3. The number of hydrogen-bond acceptors (Lipinski definition) is 4. The second kappa shape index (κ2) is 4.76. The number of benzene rings is 1. The van der Waals surface area contributed by atoms with Crippen molar-refractivity contribution in [3.05, 3.63) is 23.3 Å². The molecule has 0 heterocycles. The van der Waals surface area contributed by atoms with E-state index in [4.69, 9.17) is 6.42 Å². The first-order chi connectivity index (χ1) is 7.33. The lowest BCUT2D eigenvalue weighted by Gasteiger charge is -2.08. The van der Waals surface area contributed by atoms with Crippen molar-refractivity contribution in [2.45, 2.75) is 18.2 Å². The summed E-state index contributed by atoms with van der Waals surface area (Å²) in [5.41, 5.74) is 1.48. The Balaban J connectivity index is 3.20. The lowest BCUT2D eigenvalue weighted by Crippen LogP contribution is -2.02. The van der Waals surface area contributed by atoms with Gasteiger partial charge in [-0.1, -0.05) is 3.89 Å². The van der Waals surface area contributed by atoms with Crippen LogP contribution >= 0.6 is 12.6 Å². The van der Waals surface area contributed by atoms with Crippen LogP contribution in [-0.2, 0) is 16.9 Å². The van der Waals surface area contributed by atoms with Gasteiger partial charge in [0, 0.05) is 11.3 Å². The first kappa shape index (κ1) is 12.9. The normalized spacial score (nSPS) is 10.9. The fourth-order valence-electron chi connectivity index (χ4n) is 1.19. The maximum Gasteiger partial charge on any atom is 0.488 e. The topological polar surface area (TPSA) is 43.4 Å². The van der Waals surface area contributed by atoms with Crippen molar-refractivity contribution in [2.75, 3.05) is 0 Å². The summed E-state index contributed by atoms with van der Waals surface area (Å²) in [6.07, 6.45) is 5.44. The molecule has 0 saturated heterocycles. The summed E-state index contributed by atoms with van der Waals surface area (Å²) >= 11 is 4.11. The van der Waals surface area contributed by atoms with E-state index in [9.17, 15) is 12.3 Å². The van der Waals surface area contributed by atoms with Gasteiger partial charge in [-0.3, -0.25) is 0 Å². The van der Waals surface area contributed by atoms with Gasteiger partial charge in [0.1, 0.15) is 5.75 Å². The molecule has 0 N–H and O–H groups in total. The van der Waals surface area contributed by atoms with Gasteiger partial charge in [-0.2, -0.15) is 8.42 Å². The molecule has 0 fully saturated rings. The molecule has 1 aromatic rings. The van der Waals surface area contributed by atoms with Crippen LogP contribution in [0.25, 0.3) is 0 Å². The molecular formula is C10H9FO3S2. The molecule has 1 rings (SSSR count). The molecule has 3 nitrogen and oxygen atoms in total. The van der Waals surface area contributed by atoms with Crippen molar-refractivity contribution in [3.8, 4) is 18.1 Å². The van der Waals surface area contributed by atoms with Crippen LogP contribution in [0, 0.1) is 19.3 Å². The van der Waals surface area contributed by atoms with Crippen LogP contribution in [-0.4, -0.2) is 8.42 Å². The molecule has 0 saturated carbocycles. The van der Waals surface area contributed by atoms with Crippen LogP contribution in [0.2, 0.25) is 0 Å². The molecule has 0 atom stereocenters. The molecule has 1 aromatic carbocycles. The van der Waals surface area contributed by atoms with Gasteiger partial charge in [0.25, 0.3) is 0 Å². The van der Waals surface area contributed by atoms with Gasteiger partial charge in [0.05, 0.1) is 0 Å². The molecule has 0 unspecified atom stereocenters. The molecule has 16 heavy (non-hydrogen) atoms. The highest BCUT2D eigenvalue weighted by molar-refractivity contribution is 7.81. The number of hydrogen-bond donors (Lipinski definition) is 1. The highest BCUT2D eigenvalue weighted by Gasteiger charge is 2.12. The Hall–Kier alpha value is -1.19. The van der Waals surface area contributed by atoms with Gasteiger partial charge in [0.2, 0.25) is 0 Å². The molecule has 0 aliphatic carbocycles. The van der Waals surface area contributed by atoms with Gasteiger partial charge in [-0.15, -0.1) is 25.0 Å². The summed E-state index contributed by atoms with van der Waals surface area (Å²) in [5.74, 6) is 2.27. The molecule has 0 aliphatic heterocycles. The van der Waals surface area contributed by atoms with Crippen molar-refractivity contribution in [3.63, 3.8) is 0 Å². The van der Waals surface area contributed by atoms with Crippen LogP contribution in [0.3, 0.4) is 0 Å². The third-order valence-corrected chi connectivity index (χ3v) is 2.81. The van der Waals surface area contributed by atoms with E-state index in [1.54, 1.807) is 6.92 Å². The number of thiol groups is 1. The standard InChI is InChI=1S/C10H9FO3S2/c1-3-4-8-5-9(14-16(11,12)13)6-10(15)7(8)2/h1,5-6,15H,4H2,2H3. The van der Waals surface area contributed by atoms with Crippen LogP contribution in [0.15, 0.2) is 17.0 Å². The minimum atomic E-state index is -5.02. The smallest absolute Gasteiger partial charge is 0.358 e. The van der Waals surface area contributed by atoms with E-state index >= 15 is 0 Å². The lowest BCUT2D eigenvalue weighted by atomic mass is 10.1.